The second kappa shape index (κ2) is 14.5. The number of benzene rings is 2. The van der Waals surface area contributed by atoms with E-state index in [2.05, 4.69) is 109 Å². The Bertz CT molecular complexity index is 1640. The van der Waals surface area contributed by atoms with Crippen LogP contribution in [0.25, 0.3) is 11.0 Å². The number of nitrogens with zero attached hydrogens (tertiary/aromatic N) is 5. The van der Waals surface area contributed by atoms with Crippen molar-refractivity contribution in [2.75, 3.05) is 19.0 Å². The first kappa shape index (κ1) is 32.6. The second-order valence-electron chi connectivity index (χ2n) is 12.3. The molecule has 0 aliphatic carbocycles. The molecule has 1 atom stereocenters. The Hall–Kier alpha value is -3.79. The van der Waals surface area contributed by atoms with Gasteiger partial charge in [0.15, 0.2) is 5.82 Å². The summed E-state index contributed by atoms with van der Waals surface area (Å²) < 4.78 is 14.7. The monoisotopic (exact) mass is 642 g/mol. The molecule has 5 aromatic rings. The van der Waals surface area contributed by atoms with Gasteiger partial charge >= 0.3 is 0 Å². The average Bonchev–Trinajstić information content (AvgIpc) is 3.47. The molecule has 0 unspecified atom stereocenters. The van der Waals surface area contributed by atoms with Crippen LogP contribution in [0.4, 0.5) is 5.82 Å². The first-order valence-electron chi connectivity index (χ1n) is 15.6. The summed E-state index contributed by atoms with van der Waals surface area (Å²) >= 11 is 6.08. The van der Waals surface area contributed by atoms with Crippen LogP contribution in [0.2, 0.25) is 5.04 Å². The number of hydrogen-bond donors (Lipinski definition) is 1. The second-order valence-corrected chi connectivity index (χ2v) is 16.9. The van der Waals surface area contributed by atoms with Crippen LogP contribution in [0.3, 0.4) is 0 Å². The molecular formula is C35H43ClN6O2Si. The van der Waals surface area contributed by atoms with Gasteiger partial charge in [-0.2, -0.15) is 5.10 Å². The van der Waals surface area contributed by atoms with Gasteiger partial charge < -0.3 is 14.5 Å². The maximum absolute atomic E-state index is 7.22. The Morgan fingerprint density at radius 1 is 0.933 bits per heavy atom. The van der Waals surface area contributed by atoms with Crippen LogP contribution >= 0.6 is 11.6 Å². The highest BCUT2D eigenvalue weighted by atomic mass is 35.5. The molecule has 0 aliphatic rings. The molecule has 236 valence electrons. The molecule has 8 nitrogen and oxygen atoms in total. The van der Waals surface area contributed by atoms with Crippen molar-refractivity contribution >= 4 is 47.1 Å². The Balaban J connectivity index is 1.42. The quantitative estimate of drug-likeness (QED) is 0.108. The van der Waals surface area contributed by atoms with Crippen LogP contribution in [0.15, 0.2) is 85.5 Å². The van der Waals surface area contributed by atoms with Crippen LogP contribution < -0.4 is 20.4 Å². The predicted molar refractivity (Wildman–Crippen MR) is 185 cm³/mol. The van der Waals surface area contributed by atoms with Gasteiger partial charge in [-0.25, -0.2) is 9.97 Å². The highest BCUT2D eigenvalue weighted by Crippen LogP contribution is 2.37. The molecule has 0 saturated carbocycles. The van der Waals surface area contributed by atoms with Crippen molar-refractivity contribution in [3.8, 4) is 5.75 Å². The fraction of sp³-hybridized carbons (Fsp3) is 0.371. The van der Waals surface area contributed by atoms with E-state index in [1.807, 2.05) is 10.7 Å². The van der Waals surface area contributed by atoms with E-state index in [4.69, 9.17) is 25.7 Å². The van der Waals surface area contributed by atoms with Crippen molar-refractivity contribution in [3.05, 3.63) is 96.7 Å². The normalized spacial score (nSPS) is 12.8. The zero-order chi connectivity index (χ0) is 31.9. The Morgan fingerprint density at radius 3 is 2.22 bits per heavy atom. The lowest BCUT2D eigenvalue weighted by Crippen LogP contribution is -2.66. The highest BCUT2D eigenvalue weighted by molar-refractivity contribution is 6.99. The molecule has 0 amide bonds. The molecule has 3 heterocycles. The number of ether oxygens (including phenoxy) is 1. The molecule has 0 bridgehead atoms. The number of rotatable bonds is 14. The topological polar surface area (TPSA) is 87.0 Å². The molecule has 5 rings (SSSR count). The minimum Gasteiger partial charge on any atom is -0.495 e. The molecule has 2 aromatic carbocycles. The standard InChI is InChI=1S/C35H43ClN6O2Si/c1-6-13-27(18-19-44-45(35(2,3)4,29-14-9-7-10-15-29)30-16-11-8-12-17-30)41-34-33-31(38-25-39-34)22-40-42(33)24-26-20-28(21-36)37-23-32(26)43-5/h7-12,14-17,20,22-23,25,27H,6,13,18-19,21,24H2,1-5H3,(H,38,39,41)/t27-/m0/s1. The molecular weight excluding hydrogens is 600 g/mol. The summed E-state index contributed by atoms with van der Waals surface area (Å²) in [4.78, 5) is 13.6. The van der Waals surface area contributed by atoms with Gasteiger partial charge in [-0.3, -0.25) is 9.67 Å². The number of anilines is 1. The van der Waals surface area contributed by atoms with Gasteiger partial charge in [0.2, 0.25) is 0 Å². The first-order valence-corrected chi connectivity index (χ1v) is 18.0. The van der Waals surface area contributed by atoms with Gasteiger partial charge in [-0.05, 0) is 34.3 Å². The third-order valence-corrected chi connectivity index (χ3v) is 13.6. The zero-order valence-electron chi connectivity index (χ0n) is 26.8. The van der Waals surface area contributed by atoms with Crippen molar-refractivity contribution in [2.24, 2.45) is 0 Å². The van der Waals surface area contributed by atoms with E-state index in [0.29, 0.717) is 24.8 Å². The summed E-state index contributed by atoms with van der Waals surface area (Å²) in [6.45, 7) is 10.2. The fourth-order valence-corrected chi connectivity index (χ4v) is 10.9. The van der Waals surface area contributed by atoms with E-state index >= 15 is 0 Å². The van der Waals surface area contributed by atoms with Crippen molar-refractivity contribution in [1.82, 2.24) is 24.7 Å². The van der Waals surface area contributed by atoms with Crippen molar-refractivity contribution in [2.45, 2.75) is 70.5 Å². The van der Waals surface area contributed by atoms with E-state index in [1.165, 1.54) is 10.4 Å². The van der Waals surface area contributed by atoms with E-state index < -0.39 is 8.32 Å². The van der Waals surface area contributed by atoms with Gasteiger partial charge in [0.05, 0.1) is 37.6 Å². The third kappa shape index (κ3) is 7.06. The Kier molecular flexibility index (Phi) is 10.5. The molecule has 0 radical (unpaired) electrons. The zero-order valence-corrected chi connectivity index (χ0v) is 28.6. The number of hydrogen-bond acceptors (Lipinski definition) is 7. The van der Waals surface area contributed by atoms with Crippen molar-refractivity contribution < 1.29 is 9.16 Å². The summed E-state index contributed by atoms with van der Waals surface area (Å²) in [6.07, 6.45) is 7.91. The molecule has 0 fully saturated rings. The van der Waals surface area contributed by atoms with Crippen molar-refractivity contribution in [1.29, 1.82) is 0 Å². The largest absolute Gasteiger partial charge is 0.495 e. The Labute approximate surface area is 272 Å². The average molecular weight is 643 g/mol. The number of fused-ring (bicyclic) bond motifs is 1. The fourth-order valence-electron chi connectivity index (χ4n) is 6.17. The van der Waals surface area contributed by atoms with Crippen LogP contribution in [-0.4, -0.2) is 52.8 Å². The maximum Gasteiger partial charge on any atom is 0.261 e. The minimum absolute atomic E-state index is 0.0773. The Morgan fingerprint density at radius 2 is 1.62 bits per heavy atom. The van der Waals surface area contributed by atoms with Crippen LogP contribution in [0.5, 0.6) is 5.75 Å². The maximum atomic E-state index is 7.22. The molecule has 10 heteroatoms. The van der Waals surface area contributed by atoms with Gasteiger partial charge in [0, 0.05) is 18.2 Å². The molecule has 1 N–H and O–H groups in total. The van der Waals surface area contributed by atoms with E-state index in [-0.39, 0.29) is 11.1 Å². The molecule has 0 spiro atoms. The van der Waals surface area contributed by atoms with Gasteiger partial charge in [-0.1, -0.05) is 94.8 Å². The molecule has 45 heavy (non-hydrogen) atoms. The number of alkyl halides is 1. The highest BCUT2D eigenvalue weighted by Gasteiger charge is 2.50. The van der Waals surface area contributed by atoms with E-state index in [9.17, 15) is 0 Å². The lowest BCUT2D eigenvalue weighted by Gasteiger charge is -2.43. The summed E-state index contributed by atoms with van der Waals surface area (Å²) in [5.41, 5.74) is 3.34. The van der Waals surface area contributed by atoms with Crippen molar-refractivity contribution in [3.63, 3.8) is 0 Å². The summed E-state index contributed by atoms with van der Waals surface area (Å²) in [5.74, 6) is 1.76. The van der Waals surface area contributed by atoms with Crippen LogP contribution in [0.1, 0.15) is 58.2 Å². The number of aromatic nitrogens is 5. The lowest BCUT2D eigenvalue weighted by atomic mass is 10.1. The summed E-state index contributed by atoms with van der Waals surface area (Å²) in [5, 5.41) is 10.9. The number of methoxy groups -OCH3 is 1. The predicted octanol–water partition coefficient (Wildman–Crippen LogP) is 6.56. The number of nitrogens with one attached hydrogen (secondary N) is 1. The summed E-state index contributed by atoms with van der Waals surface area (Å²) in [6, 6.07) is 23.7. The smallest absolute Gasteiger partial charge is 0.261 e. The first-order chi connectivity index (χ1) is 21.8. The molecule has 3 aromatic heterocycles. The van der Waals surface area contributed by atoms with Gasteiger partial charge in [0.1, 0.15) is 23.1 Å². The van der Waals surface area contributed by atoms with E-state index in [1.54, 1.807) is 25.8 Å². The van der Waals surface area contributed by atoms with Gasteiger partial charge in [-0.15, -0.1) is 11.6 Å². The van der Waals surface area contributed by atoms with Crippen LogP contribution in [0, 0.1) is 0 Å². The third-order valence-electron chi connectivity index (χ3n) is 8.29. The lowest BCUT2D eigenvalue weighted by molar-refractivity contribution is 0.281. The number of halogens is 1. The summed E-state index contributed by atoms with van der Waals surface area (Å²) in [7, 11) is -0.986. The molecule has 0 aliphatic heterocycles. The SMILES string of the molecule is CCC[C@@H](CCO[Si](c1ccccc1)(c1ccccc1)C(C)(C)C)Nc1ncnc2cnn(Cc3cc(CCl)ncc3OC)c12. The molecule has 0 saturated heterocycles. The van der Waals surface area contributed by atoms with Crippen LogP contribution in [-0.2, 0) is 16.9 Å². The number of pyridine rings is 1. The van der Waals surface area contributed by atoms with E-state index in [0.717, 1.165) is 47.4 Å². The van der Waals surface area contributed by atoms with Gasteiger partial charge in [0.25, 0.3) is 8.32 Å². The minimum atomic E-state index is -2.63.